The number of rotatable bonds is 4. The molecule has 0 amide bonds. The molecule has 8 heteroatoms. The van der Waals surface area contributed by atoms with Crippen molar-refractivity contribution in [3.8, 4) is 6.01 Å². The summed E-state index contributed by atoms with van der Waals surface area (Å²) >= 11 is 5.79. The smallest absolute Gasteiger partial charge is 0.322 e. The lowest BCUT2D eigenvalue weighted by Gasteiger charge is -2.13. The zero-order chi connectivity index (χ0) is 14.0. The number of nitrogens with zero attached hydrogens (tertiary/aromatic N) is 4. The Bertz CT molecular complexity index is 567. The molecule has 19 heavy (non-hydrogen) atoms. The van der Waals surface area contributed by atoms with Crippen LogP contribution in [0.5, 0.6) is 6.01 Å². The first-order chi connectivity index (χ1) is 9.01. The van der Waals surface area contributed by atoms with Gasteiger partial charge in [-0.2, -0.15) is 15.0 Å². The molecule has 0 aliphatic carbocycles. The number of halogens is 1. The summed E-state index contributed by atoms with van der Waals surface area (Å²) in [6.45, 7) is 5.69. The number of hydrogen-bond acceptors (Lipinski definition) is 7. The molecule has 0 aliphatic rings. The molecule has 1 N–H and O–H groups in total. The summed E-state index contributed by atoms with van der Waals surface area (Å²) in [5.74, 6) is 1.09. The second kappa shape index (κ2) is 5.40. The summed E-state index contributed by atoms with van der Waals surface area (Å²) in [5.41, 5.74) is 1.79. The maximum absolute atomic E-state index is 5.79. The molecule has 2 rings (SSSR count). The number of hydrogen-bond donors (Lipinski definition) is 1. The number of nitrogens with one attached hydrogen (secondary N) is 1. The molecule has 102 valence electrons. The summed E-state index contributed by atoms with van der Waals surface area (Å²) in [5, 5.41) is 7.10. The highest BCUT2D eigenvalue weighted by atomic mass is 35.5. The lowest BCUT2D eigenvalue weighted by Crippen LogP contribution is -2.12. The number of ether oxygens (including phenoxy) is 1. The van der Waals surface area contributed by atoms with E-state index in [1.807, 2.05) is 20.8 Å². The average molecular weight is 284 g/mol. The van der Waals surface area contributed by atoms with Gasteiger partial charge < -0.3 is 14.6 Å². The van der Waals surface area contributed by atoms with Crippen LogP contribution in [0.2, 0.25) is 5.28 Å². The lowest BCUT2D eigenvalue weighted by molar-refractivity contribution is 0.378. The van der Waals surface area contributed by atoms with Crippen molar-refractivity contribution in [3.63, 3.8) is 0 Å². The Morgan fingerprint density at radius 3 is 2.58 bits per heavy atom. The van der Waals surface area contributed by atoms with E-state index in [1.54, 1.807) is 0 Å². The van der Waals surface area contributed by atoms with Gasteiger partial charge in [-0.1, -0.05) is 5.16 Å². The molecule has 2 aromatic heterocycles. The zero-order valence-electron chi connectivity index (χ0n) is 11.1. The highest BCUT2D eigenvalue weighted by Crippen LogP contribution is 2.24. The van der Waals surface area contributed by atoms with Crippen molar-refractivity contribution in [2.75, 3.05) is 12.4 Å². The van der Waals surface area contributed by atoms with Crippen molar-refractivity contribution < 1.29 is 9.26 Å². The lowest BCUT2D eigenvalue weighted by atomic mass is 10.1. The third kappa shape index (κ3) is 2.93. The number of anilines is 1. The Kier molecular flexibility index (Phi) is 3.84. The van der Waals surface area contributed by atoms with Crippen molar-refractivity contribution in [2.45, 2.75) is 26.8 Å². The Morgan fingerprint density at radius 2 is 2.00 bits per heavy atom. The van der Waals surface area contributed by atoms with Crippen molar-refractivity contribution in [2.24, 2.45) is 0 Å². The van der Waals surface area contributed by atoms with Crippen LogP contribution >= 0.6 is 11.6 Å². The minimum Gasteiger partial charge on any atom is -0.467 e. The summed E-state index contributed by atoms with van der Waals surface area (Å²) in [6.07, 6.45) is 0. The van der Waals surface area contributed by atoms with Gasteiger partial charge in [0.05, 0.1) is 18.8 Å². The number of aromatic nitrogens is 4. The van der Waals surface area contributed by atoms with Gasteiger partial charge in [0.1, 0.15) is 5.76 Å². The van der Waals surface area contributed by atoms with Gasteiger partial charge in [0.2, 0.25) is 11.2 Å². The fourth-order valence-corrected chi connectivity index (χ4v) is 2.01. The maximum atomic E-state index is 5.79. The molecular weight excluding hydrogens is 270 g/mol. The van der Waals surface area contributed by atoms with Crippen LogP contribution in [0.15, 0.2) is 4.52 Å². The van der Waals surface area contributed by atoms with E-state index in [1.165, 1.54) is 7.11 Å². The van der Waals surface area contributed by atoms with Crippen LogP contribution in [-0.4, -0.2) is 27.2 Å². The van der Waals surface area contributed by atoms with Gasteiger partial charge in [-0.3, -0.25) is 0 Å². The summed E-state index contributed by atoms with van der Waals surface area (Å²) in [7, 11) is 1.47. The van der Waals surface area contributed by atoms with E-state index in [4.69, 9.17) is 20.9 Å². The van der Waals surface area contributed by atoms with Crippen molar-refractivity contribution in [1.82, 2.24) is 20.1 Å². The largest absolute Gasteiger partial charge is 0.467 e. The van der Waals surface area contributed by atoms with Crippen LogP contribution in [-0.2, 0) is 0 Å². The molecule has 0 bridgehead atoms. The van der Waals surface area contributed by atoms with Crippen LogP contribution < -0.4 is 10.1 Å². The molecule has 0 spiro atoms. The topological polar surface area (TPSA) is 86.0 Å². The van der Waals surface area contributed by atoms with E-state index in [9.17, 15) is 0 Å². The summed E-state index contributed by atoms with van der Waals surface area (Å²) in [4.78, 5) is 11.9. The molecule has 1 unspecified atom stereocenters. The molecule has 2 heterocycles. The van der Waals surface area contributed by atoms with Gasteiger partial charge in [-0.15, -0.1) is 0 Å². The fourth-order valence-electron chi connectivity index (χ4n) is 1.86. The maximum Gasteiger partial charge on any atom is 0.322 e. The Labute approximate surface area is 115 Å². The van der Waals surface area contributed by atoms with E-state index in [0.717, 1.165) is 17.0 Å². The molecule has 0 saturated carbocycles. The SMILES string of the molecule is COc1nc(Cl)nc(NC(C)c2c(C)noc2C)n1. The van der Waals surface area contributed by atoms with E-state index < -0.39 is 0 Å². The number of aryl methyl sites for hydroxylation is 2. The van der Waals surface area contributed by atoms with E-state index in [2.05, 4.69) is 25.4 Å². The highest BCUT2D eigenvalue weighted by Gasteiger charge is 2.17. The predicted octanol–water partition coefficient (Wildman–Crippen LogP) is 2.31. The van der Waals surface area contributed by atoms with Crippen LogP contribution in [0.3, 0.4) is 0 Å². The standard InChI is InChI=1S/C11H14ClN5O2/c1-5(8-6(2)17-19-7(8)3)13-10-14-9(12)15-11(16-10)18-4/h5H,1-4H3,(H,13,14,15,16). The van der Waals surface area contributed by atoms with Crippen LogP contribution in [0, 0.1) is 13.8 Å². The average Bonchev–Trinajstić information content (AvgIpc) is 2.68. The zero-order valence-corrected chi connectivity index (χ0v) is 11.8. The van der Waals surface area contributed by atoms with Crippen molar-refractivity contribution in [1.29, 1.82) is 0 Å². The molecule has 0 aromatic carbocycles. The molecule has 7 nitrogen and oxygen atoms in total. The highest BCUT2D eigenvalue weighted by molar-refractivity contribution is 6.28. The van der Waals surface area contributed by atoms with Gasteiger partial charge in [-0.25, -0.2) is 0 Å². The number of methoxy groups -OCH3 is 1. The van der Waals surface area contributed by atoms with E-state index >= 15 is 0 Å². The van der Waals surface area contributed by atoms with E-state index in [0.29, 0.717) is 5.95 Å². The molecule has 0 saturated heterocycles. The van der Waals surface area contributed by atoms with Gasteiger partial charge >= 0.3 is 6.01 Å². The van der Waals surface area contributed by atoms with Gasteiger partial charge in [0.25, 0.3) is 0 Å². The van der Waals surface area contributed by atoms with Gasteiger partial charge in [0.15, 0.2) is 0 Å². The van der Waals surface area contributed by atoms with Crippen LogP contribution in [0.1, 0.15) is 30.0 Å². The summed E-state index contributed by atoms with van der Waals surface area (Å²) < 4.78 is 10.1. The van der Waals surface area contributed by atoms with Crippen molar-refractivity contribution in [3.05, 3.63) is 22.3 Å². The van der Waals surface area contributed by atoms with Crippen molar-refractivity contribution >= 4 is 17.5 Å². The molecular formula is C11H14ClN5O2. The monoisotopic (exact) mass is 283 g/mol. The molecule has 2 aromatic rings. The minimum atomic E-state index is -0.0746. The van der Waals surface area contributed by atoms with Gasteiger partial charge in [-0.05, 0) is 32.4 Å². The second-order valence-electron chi connectivity index (χ2n) is 4.02. The van der Waals surface area contributed by atoms with Crippen LogP contribution in [0.4, 0.5) is 5.95 Å². The van der Waals surface area contributed by atoms with Crippen LogP contribution in [0.25, 0.3) is 0 Å². The molecule has 0 fully saturated rings. The molecule has 0 radical (unpaired) electrons. The van der Waals surface area contributed by atoms with Gasteiger partial charge in [0, 0.05) is 5.56 Å². The normalized spacial score (nSPS) is 12.3. The Morgan fingerprint density at radius 1 is 1.26 bits per heavy atom. The Hall–Kier alpha value is -1.89. The second-order valence-corrected chi connectivity index (χ2v) is 4.36. The first-order valence-electron chi connectivity index (χ1n) is 5.66. The first-order valence-corrected chi connectivity index (χ1v) is 6.04. The summed E-state index contributed by atoms with van der Waals surface area (Å²) in [6, 6.07) is 0.0860. The minimum absolute atomic E-state index is 0.0697. The molecule has 1 atom stereocenters. The predicted molar refractivity (Wildman–Crippen MR) is 69.4 cm³/mol. The fraction of sp³-hybridized carbons (Fsp3) is 0.455. The third-order valence-electron chi connectivity index (χ3n) is 2.64. The van der Waals surface area contributed by atoms with E-state index in [-0.39, 0.29) is 17.3 Å². The molecule has 0 aliphatic heterocycles. The quantitative estimate of drug-likeness (QED) is 0.921. The Balaban J connectivity index is 2.24. The third-order valence-corrected chi connectivity index (χ3v) is 2.81. The first kappa shape index (κ1) is 13.5.